The Bertz CT molecular complexity index is 700. The minimum Gasteiger partial charge on any atom is -0.467 e. The fraction of sp³-hybridized carbons (Fsp3) is 0.474. The fourth-order valence-electron chi connectivity index (χ4n) is 2.29. The summed E-state index contributed by atoms with van der Waals surface area (Å²) >= 11 is 7.33. The molecule has 8 nitrogen and oxygen atoms in total. The number of carbonyl (C=O) groups is 4. The number of benzene rings is 1. The van der Waals surface area contributed by atoms with Gasteiger partial charge >= 0.3 is 5.97 Å². The van der Waals surface area contributed by atoms with Crippen molar-refractivity contribution in [2.75, 3.05) is 32.2 Å². The zero-order valence-corrected chi connectivity index (χ0v) is 18.0. The number of nitrogens with one attached hydrogen (secondary N) is 3. The molecule has 1 rings (SSSR count). The van der Waals surface area contributed by atoms with Crippen LogP contribution in [0, 0.1) is 0 Å². The number of ether oxygens (including phenoxy) is 1. The maximum atomic E-state index is 12.0. The summed E-state index contributed by atoms with van der Waals surface area (Å²) in [7, 11) is 1.27. The molecule has 0 spiro atoms. The Morgan fingerprint density at radius 3 is 2.28 bits per heavy atom. The summed E-state index contributed by atoms with van der Waals surface area (Å²) in [6, 6.07) is 5.72. The zero-order valence-electron chi connectivity index (χ0n) is 16.5. The van der Waals surface area contributed by atoms with Crippen LogP contribution in [0.4, 0.5) is 0 Å². The topological polar surface area (TPSA) is 114 Å². The molecule has 0 aliphatic carbocycles. The summed E-state index contributed by atoms with van der Waals surface area (Å²) in [6.45, 7) is 0.296. The van der Waals surface area contributed by atoms with Gasteiger partial charge in [0.1, 0.15) is 6.04 Å². The van der Waals surface area contributed by atoms with Crippen LogP contribution in [0.1, 0.15) is 29.6 Å². The van der Waals surface area contributed by atoms with Crippen molar-refractivity contribution in [2.24, 2.45) is 0 Å². The van der Waals surface area contributed by atoms with Crippen molar-refractivity contribution in [1.82, 2.24) is 16.0 Å². The molecule has 0 saturated heterocycles. The summed E-state index contributed by atoms with van der Waals surface area (Å²) in [5.41, 5.74) is 0.452. The number of halogens is 1. The van der Waals surface area contributed by atoms with Crippen molar-refractivity contribution in [3.63, 3.8) is 0 Å². The summed E-state index contributed by atoms with van der Waals surface area (Å²) in [4.78, 5) is 47.4. The van der Waals surface area contributed by atoms with Crippen molar-refractivity contribution >= 4 is 47.1 Å². The van der Waals surface area contributed by atoms with Crippen LogP contribution in [0.2, 0.25) is 5.02 Å². The van der Waals surface area contributed by atoms with Gasteiger partial charge < -0.3 is 20.7 Å². The Morgan fingerprint density at radius 2 is 1.66 bits per heavy atom. The molecule has 1 aromatic rings. The van der Waals surface area contributed by atoms with Gasteiger partial charge in [-0.05, 0) is 42.7 Å². The number of thioether (sulfide) groups is 1. The molecule has 0 saturated carbocycles. The van der Waals surface area contributed by atoms with E-state index in [0.29, 0.717) is 22.8 Å². The molecule has 29 heavy (non-hydrogen) atoms. The molecule has 0 heterocycles. The van der Waals surface area contributed by atoms with E-state index < -0.39 is 12.0 Å². The van der Waals surface area contributed by atoms with E-state index in [1.165, 1.54) is 7.11 Å². The predicted molar refractivity (Wildman–Crippen MR) is 113 cm³/mol. The molecular formula is C19H26ClN3O5S. The first kappa shape index (κ1) is 24.8. The SMILES string of the molecule is COC(=O)C(CCSC)NC(=O)CCNC(=O)CCNC(=O)c1ccc(Cl)cc1. The lowest BCUT2D eigenvalue weighted by molar-refractivity contribution is -0.145. The zero-order chi connectivity index (χ0) is 21.6. The quantitative estimate of drug-likeness (QED) is 0.420. The number of esters is 1. The van der Waals surface area contributed by atoms with Gasteiger partial charge in [0.2, 0.25) is 11.8 Å². The lowest BCUT2D eigenvalue weighted by Gasteiger charge is -2.16. The Labute approximate surface area is 179 Å². The molecule has 1 atom stereocenters. The van der Waals surface area contributed by atoms with Gasteiger partial charge in [0, 0.05) is 36.5 Å². The van der Waals surface area contributed by atoms with Gasteiger partial charge in [0.25, 0.3) is 5.91 Å². The van der Waals surface area contributed by atoms with Gasteiger partial charge in [-0.3, -0.25) is 14.4 Å². The van der Waals surface area contributed by atoms with E-state index in [0.717, 1.165) is 0 Å². The molecule has 1 unspecified atom stereocenters. The number of hydrogen-bond acceptors (Lipinski definition) is 6. The molecule has 1 aromatic carbocycles. The van der Waals surface area contributed by atoms with Crippen LogP contribution in [0.3, 0.4) is 0 Å². The van der Waals surface area contributed by atoms with E-state index in [1.807, 2.05) is 6.26 Å². The number of hydrogen-bond donors (Lipinski definition) is 3. The molecule has 0 aliphatic rings. The molecule has 0 aliphatic heterocycles. The van der Waals surface area contributed by atoms with E-state index in [1.54, 1.807) is 36.0 Å². The maximum Gasteiger partial charge on any atom is 0.328 e. The van der Waals surface area contributed by atoms with E-state index in [2.05, 4.69) is 20.7 Å². The average molecular weight is 444 g/mol. The molecule has 0 aromatic heterocycles. The van der Waals surface area contributed by atoms with Crippen LogP contribution in [-0.2, 0) is 19.1 Å². The predicted octanol–water partition coefficient (Wildman–Crippen LogP) is 1.38. The van der Waals surface area contributed by atoms with Crippen LogP contribution >= 0.6 is 23.4 Å². The van der Waals surface area contributed by atoms with E-state index in [9.17, 15) is 19.2 Å². The molecule has 160 valence electrons. The third-order valence-electron chi connectivity index (χ3n) is 3.85. The maximum absolute atomic E-state index is 12.0. The van der Waals surface area contributed by atoms with Crippen LogP contribution < -0.4 is 16.0 Å². The van der Waals surface area contributed by atoms with Crippen LogP contribution in [0.15, 0.2) is 24.3 Å². The van der Waals surface area contributed by atoms with E-state index in [4.69, 9.17) is 11.6 Å². The number of methoxy groups -OCH3 is 1. The molecule has 10 heteroatoms. The summed E-state index contributed by atoms with van der Waals surface area (Å²) in [5, 5.41) is 8.39. The molecule has 0 bridgehead atoms. The average Bonchev–Trinajstić information content (AvgIpc) is 2.70. The van der Waals surface area contributed by atoms with Gasteiger partial charge in [-0.25, -0.2) is 4.79 Å². The highest BCUT2D eigenvalue weighted by Crippen LogP contribution is 2.09. The molecule has 3 amide bonds. The van der Waals surface area contributed by atoms with Gasteiger partial charge in [0.05, 0.1) is 7.11 Å². The second kappa shape index (κ2) is 13.8. The third-order valence-corrected chi connectivity index (χ3v) is 4.75. The molecule has 0 radical (unpaired) electrons. The molecule has 3 N–H and O–H groups in total. The summed E-state index contributed by atoms with van der Waals surface area (Å²) in [6.07, 6.45) is 2.50. The van der Waals surface area contributed by atoms with Gasteiger partial charge in [-0.15, -0.1) is 0 Å². The highest BCUT2D eigenvalue weighted by molar-refractivity contribution is 7.98. The summed E-state index contributed by atoms with van der Waals surface area (Å²) < 4.78 is 4.68. The normalized spacial score (nSPS) is 11.3. The summed E-state index contributed by atoms with van der Waals surface area (Å²) in [5.74, 6) is -0.724. The third kappa shape index (κ3) is 10.2. The van der Waals surface area contributed by atoms with Crippen LogP contribution in [0.5, 0.6) is 0 Å². The highest BCUT2D eigenvalue weighted by Gasteiger charge is 2.20. The molecular weight excluding hydrogens is 418 g/mol. The van der Waals surface area contributed by atoms with E-state index >= 15 is 0 Å². The lowest BCUT2D eigenvalue weighted by Crippen LogP contribution is -2.43. The molecule has 0 fully saturated rings. The van der Waals surface area contributed by atoms with Crippen LogP contribution in [0.25, 0.3) is 0 Å². The first-order valence-corrected chi connectivity index (χ1v) is 10.8. The van der Waals surface area contributed by atoms with Crippen molar-refractivity contribution in [1.29, 1.82) is 0 Å². The fourth-order valence-corrected chi connectivity index (χ4v) is 2.89. The second-order valence-electron chi connectivity index (χ2n) is 6.04. The van der Waals surface area contributed by atoms with Gasteiger partial charge in [-0.1, -0.05) is 11.6 Å². The van der Waals surface area contributed by atoms with Crippen LogP contribution in [-0.4, -0.2) is 61.9 Å². The smallest absolute Gasteiger partial charge is 0.328 e. The van der Waals surface area contributed by atoms with Crippen molar-refractivity contribution in [2.45, 2.75) is 25.3 Å². The first-order valence-electron chi connectivity index (χ1n) is 9.04. The highest BCUT2D eigenvalue weighted by atomic mass is 35.5. The largest absolute Gasteiger partial charge is 0.467 e. The number of amides is 3. The Hall–Kier alpha value is -2.26. The number of carbonyl (C=O) groups excluding carboxylic acids is 4. The standard InChI is InChI=1S/C19H26ClN3O5S/c1-28-19(27)15(9-12-29-2)23-17(25)8-10-21-16(24)7-11-22-18(26)13-3-5-14(20)6-4-13/h3-6,15H,7-12H2,1-2H3,(H,21,24)(H,22,26)(H,23,25). The van der Waals surface area contributed by atoms with Crippen molar-refractivity contribution in [3.8, 4) is 0 Å². The first-order chi connectivity index (χ1) is 13.9. The van der Waals surface area contributed by atoms with E-state index in [-0.39, 0.29) is 43.7 Å². The minimum absolute atomic E-state index is 0.0373. The number of rotatable bonds is 12. The minimum atomic E-state index is -0.696. The monoisotopic (exact) mass is 443 g/mol. The van der Waals surface area contributed by atoms with Crippen molar-refractivity contribution in [3.05, 3.63) is 34.9 Å². The van der Waals surface area contributed by atoms with Gasteiger partial charge in [-0.2, -0.15) is 11.8 Å². The Kier molecular flexibility index (Phi) is 11.8. The lowest BCUT2D eigenvalue weighted by atomic mass is 10.2. The van der Waals surface area contributed by atoms with Gasteiger partial charge in [0.15, 0.2) is 0 Å². The van der Waals surface area contributed by atoms with Crippen molar-refractivity contribution < 1.29 is 23.9 Å². The second-order valence-corrected chi connectivity index (χ2v) is 7.46. The Balaban J connectivity index is 2.25. The Morgan fingerprint density at radius 1 is 1.03 bits per heavy atom.